The minimum Gasteiger partial charge on any atom is -0.457 e. The molecule has 0 amide bonds. The molecule has 0 unspecified atom stereocenters. The number of fused-ring (bicyclic) bond motifs is 1. The number of benzene rings is 4. The van der Waals surface area contributed by atoms with Gasteiger partial charge in [-0.05, 0) is 147 Å². The monoisotopic (exact) mass is 1070 g/mol. The van der Waals surface area contributed by atoms with Gasteiger partial charge in [-0.3, -0.25) is 29.4 Å². The summed E-state index contributed by atoms with van der Waals surface area (Å²) in [5.74, 6) is 3.31. The Hall–Kier alpha value is -7.43. The third-order valence-electron chi connectivity index (χ3n) is 12.4. The second-order valence-electron chi connectivity index (χ2n) is 19.1. The second-order valence-corrected chi connectivity index (χ2v) is 19.2. The number of pyridine rings is 2. The molecule has 3 aromatic heterocycles. The Balaban J connectivity index is 0.000000241. The molecule has 3 heterocycles. The number of isothiocyanates is 1. The quantitative estimate of drug-likeness (QED) is 0.0298. The van der Waals surface area contributed by atoms with Gasteiger partial charge in [-0.15, -0.1) is 0 Å². The fourth-order valence-corrected chi connectivity index (χ4v) is 8.43. The number of halogens is 2. The summed E-state index contributed by atoms with van der Waals surface area (Å²) in [7, 11) is 3.75. The molecule has 408 valence electrons. The van der Waals surface area contributed by atoms with E-state index in [1.165, 1.54) is 12.1 Å². The van der Waals surface area contributed by atoms with Crippen LogP contribution in [0, 0.1) is 11.6 Å². The maximum absolute atomic E-state index is 14.1. The van der Waals surface area contributed by atoms with Crippen molar-refractivity contribution in [2.75, 3.05) is 62.7 Å². The Morgan fingerprint density at radius 3 is 1.74 bits per heavy atom. The van der Waals surface area contributed by atoms with Crippen LogP contribution in [0.2, 0.25) is 0 Å². The van der Waals surface area contributed by atoms with Gasteiger partial charge in [0.15, 0.2) is 11.6 Å². The van der Waals surface area contributed by atoms with Crippen LogP contribution >= 0.6 is 12.2 Å². The van der Waals surface area contributed by atoms with Crippen molar-refractivity contribution in [3.8, 4) is 23.0 Å². The molecule has 0 aliphatic heterocycles. The number of likely N-dealkylation sites (N-methyl/N-ethyl adjacent to an activating group) is 2. The Morgan fingerprint density at radius 2 is 1.23 bits per heavy atom. The number of nitrogens with zero attached hydrogens (tertiary/aromatic N) is 7. The van der Waals surface area contributed by atoms with Gasteiger partial charge in [0, 0.05) is 56.4 Å². The molecule has 14 nitrogen and oxygen atoms in total. The van der Waals surface area contributed by atoms with Crippen LogP contribution < -0.4 is 25.8 Å². The molecule has 0 saturated heterocycles. The molecule has 0 fully saturated rings. The van der Waals surface area contributed by atoms with Gasteiger partial charge in [-0.1, -0.05) is 55.4 Å². The number of aryl methyl sites for hydroxylation is 1. The summed E-state index contributed by atoms with van der Waals surface area (Å²) in [6, 6.07) is 28.0. The number of nitrogens with two attached hydrogens (primary N) is 1. The maximum Gasteiger partial charge on any atom is 0.208 e. The number of anilines is 4. The minimum absolute atomic E-state index is 0.0795. The molecule has 4 aromatic carbocycles. The number of carbonyl (C=O) groups is 2. The fourth-order valence-electron chi connectivity index (χ4n) is 8.33. The summed E-state index contributed by atoms with van der Waals surface area (Å²) in [4.78, 5) is 46.3. The molecule has 0 bridgehead atoms. The normalized spacial score (nSPS) is 11.0. The molecule has 0 atom stereocenters. The van der Waals surface area contributed by atoms with E-state index in [1.54, 1.807) is 54.9 Å². The zero-order valence-corrected chi connectivity index (χ0v) is 46.9. The molecule has 4 N–H and O–H groups in total. The minimum atomic E-state index is -0.208. The van der Waals surface area contributed by atoms with Gasteiger partial charge in [-0.25, -0.2) is 13.8 Å². The van der Waals surface area contributed by atoms with Crippen LogP contribution in [0.1, 0.15) is 103 Å². The molecule has 7 aromatic rings. The van der Waals surface area contributed by atoms with Gasteiger partial charge in [0.25, 0.3) is 0 Å². The third kappa shape index (κ3) is 18.7. The van der Waals surface area contributed by atoms with Crippen molar-refractivity contribution < 1.29 is 27.8 Å². The van der Waals surface area contributed by atoms with Gasteiger partial charge in [-0.2, -0.15) is 4.99 Å². The molecule has 0 saturated carbocycles. The molecular formula is C60H74F2N10O4S. The number of thiocarbonyl (C=S) groups is 1. The van der Waals surface area contributed by atoms with Crippen LogP contribution in [0.25, 0.3) is 11.0 Å². The van der Waals surface area contributed by atoms with E-state index < -0.39 is 0 Å². The Kier molecular flexibility index (Phi) is 23.8. The highest BCUT2D eigenvalue weighted by atomic mass is 32.1. The first kappa shape index (κ1) is 60.4. The SMILES string of the molecule is CC(C)c1cc(N=C=S)ccc1F.CCCN(CC)CC(=O)Cc1cc(Oc2ccc(NC)c(N)c2)ccn1.CCCN(CC)CC(=O)Cc1cc(Oc2ccc3c(c2)nc(Nc2ccc(F)c(C(C)C)c2)n3C)ccn1. The Morgan fingerprint density at radius 1 is 0.714 bits per heavy atom. The average Bonchev–Trinajstić information content (AvgIpc) is 3.70. The van der Waals surface area contributed by atoms with Crippen LogP contribution in [-0.4, -0.2) is 92.4 Å². The summed E-state index contributed by atoms with van der Waals surface area (Å²) in [6.45, 7) is 20.6. The van der Waals surface area contributed by atoms with E-state index in [2.05, 4.69) is 80.5 Å². The number of aromatic nitrogens is 4. The van der Waals surface area contributed by atoms with Gasteiger partial charge < -0.3 is 30.4 Å². The third-order valence-corrected chi connectivity index (χ3v) is 12.5. The van der Waals surface area contributed by atoms with E-state index in [4.69, 9.17) is 20.2 Å². The lowest BCUT2D eigenvalue weighted by molar-refractivity contribution is -0.120. The largest absolute Gasteiger partial charge is 0.457 e. The number of hydrogen-bond donors (Lipinski definition) is 3. The molecule has 7 rings (SSSR count). The maximum atomic E-state index is 14.1. The number of hydrogen-bond acceptors (Lipinski definition) is 14. The first-order chi connectivity index (χ1) is 37.0. The summed E-state index contributed by atoms with van der Waals surface area (Å²) in [5.41, 5.74) is 13.3. The van der Waals surface area contributed by atoms with Crippen molar-refractivity contribution in [1.82, 2.24) is 29.3 Å². The fraction of sp³-hybridized carbons (Fsp3) is 0.367. The van der Waals surface area contributed by atoms with Crippen molar-refractivity contribution >= 4 is 68.7 Å². The van der Waals surface area contributed by atoms with Crippen LogP contribution in [0.15, 0.2) is 114 Å². The first-order valence-corrected chi connectivity index (χ1v) is 26.6. The summed E-state index contributed by atoms with van der Waals surface area (Å²) < 4.78 is 41.2. The van der Waals surface area contributed by atoms with E-state index in [1.807, 2.05) is 88.8 Å². The molecular weight excluding hydrogens is 995 g/mol. The van der Waals surface area contributed by atoms with Crippen molar-refractivity contribution in [2.45, 2.75) is 92.9 Å². The predicted molar refractivity (Wildman–Crippen MR) is 311 cm³/mol. The number of aliphatic imine (C=N–C) groups is 1. The number of Topliss-reactive ketones (excluding diaryl/α,β-unsaturated/α-hetero) is 2. The number of rotatable bonds is 24. The number of ketones is 2. The van der Waals surface area contributed by atoms with E-state index in [0.29, 0.717) is 82.3 Å². The number of ether oxygens (including phenoxy) is 2. The van der Waals surface area contributed by atoms with Gasteiger partial charge in [0.05, 0.1) is 70.6 Å². The van der Waals surface area contributed by atoms with E-state index >= 15 is 0 Å². The van der Waals surface area contributed by atoms with Gasteiger partial charge >= 0.3 is 0 Å². The van der Waals surface area contributed by atoms with Crippen LogP contribution in [0.3, 0.4) is 0 Å². The molecule has 0 spiro atoms. The lowest BCUT2D eigenvalue weighted by atomic mass is 10.0. The molecule has 17 heteroatoms. The van der Waals surface area contributed by atoms with Crippen molar-refractivity contribution in [2.24, 2.45) is 12.0 Å². The number of nitrogen functional groups attached to an aromatic ring is 1. The highest BCUT2D eigenvalue weighted by Crippen LogP contribution is 2.31. The molecule has 0 aliphatic carbocycles. The molecule has 77 heavy (non-hydrogen) atoms. The van der Waals surface area contributed by atoms with Gasteiger partial charge in [0.1, 0.15) is 34.6 Å². The zero-order chi connectivity index (χ0) is 56.0. The average molecular weight is 1070 g/mol. The highest BCUT2D eigenvalue weighted by Gasteiger charge is 2.16. The Bertz CT molecular complexity index is 3110. The van der Waals surface area contributed by atoms with Crippen LogP contribution in [0.4, 0.5) is 37.5 Å². The standard InChI is InChI=1S/C30H36FN5O2.C20H28N4O2.C10H10FNS/c1-6-14-36(7-2)19-23(37)15-22-16-25(12-13-32-22)38-24-9-11-29-28(18-24)34-30(35(29)5)33-21-8-10-27(31)26(17-21)20(3)4;1-4-10-24(5-2)14-16(25)11-15-12-18(8-9-23-15)26-17-6-7-20(22-3)19(21)13-17;1-7(2)9-5-8(12-6-13)3-4-10(9)11/h8-13,16-18,20H,6-7,14-15,19H2,1-5H3,(H,33,34);6-9,12-13,22H,4-5,10-11,14,21H2,1-3H3;3-5,7H,1-2H3. The van der Waals surface area contributed by atoms with Crippen LogP contribution in [0.5, 0.6) is 23.0 Å². The summed E-state index contributed by atoms with van der Waals surface area (Å²) in [5, 5.41) is 8.57. The topological polar surface area (TPSA) is 165 Å². The van der Waals surface area contributed by atoms with Crippen molar-refractivity contribution in [3.63, 3.8) is 0 Å². The summed E-state index contributed by atoms with van der Waals surface area (Å²) in [6.07, 6.45) is 5.96. The lowest BCUT2D eigenvalue weighted by Crippen LogP contribution is -2.31. The van der Waals surface area contributed by atoms with Crippen molar-refractivity contribution in [1.29, 1.82) is 0 Å². The van der Waals surface area contributed by atoms with E-state index in [0.717, 1.165) is 61.4 Å². The second kappa shape index (κ2) is 30.3. The summed E-state index contributed by atoms with van der Waals surface area (Å²) >= 11 is 4.47. The van der Waals surface area contributed by atoms with Crippen LogP contribution in [-0.2, 0) is 29.5 Å². The van der Waals surface area contributed by atoms with Gasteiger partial charge in [0.2, 0.25) is 5.95 Å². The molecule has 0 radical (unpaired) electrons. The lowest BCUT2D eigenvalue weighted by Gasteiger charge is -2.18. The highest BCUT2D eigenvalue weighted by molar-refractivity contribution is 7.78. The Labute approximate surface area is 458 Å². The van der Waals surface area contributed by atoms with Crippen molar-refractivity contribution in [3.05, 3.63) is 144 Å². The molecule has 0 aliphatic rings. The van der Waals surface area contributed by atoms with E-state index in [-0.39, 0.29) is 41.5 Å². The smallest absolute Gasteiger partial charge is 0.208 e. The predicted octanol–water partition coefficient (Wildman–Crippen LogP) is 13.6. The zero-order valence-electron chi connectivity index (χ0n) is 46.1. The number of carbonyl (C=O) groups excluding carboxylic acids is 2. The number of imidazole rings is 1. The first-order valence-electron chi connectivity index (χ1n) is 26.2. The number of nitrogens with one attached hydrogen (secondary N) is 2. The van der Waals surface area contributed by atoms with E-state index in [9.17, 15) is 18.4 Å².